The van der Waals surface area contributed by atoms with Crippen LogP contribution in [-0.4, -0.2) is 47.6 Å². The fraction of sp³-hybridized carbons (Fsp3) is 0.818. The Labute approximate surface area is 95.8 Å². The quantitative estimate of drug-likeness (QED) is 0.733. The largest absolute Gasteiger partial charge is 0.480 e. The first-order chi connectivity index (χ1) is 7.61. The van der Waals surface area contributed by atoms with Crippen molar-refractivity contribution in [3.63, 3.8) is 0 Å². The molecule has 1 aliphatic heterocycles. The Morgan fingerprint density at radius 2 is 2.12 bits per heavy atom. The van der Waals surface area contributed by atoms with Gasteiger partial charge >= 0.3 is 5.97 Å². The number of carboxylic acid groups (broad SMARTS) is 1. The van der Waals surface area contributed by atoms with Crippen molar-refractivity contribution in [3.8, 4) is 0 Å². The normalized spacial score (nSPS) is 22.4. The molecule has 1 unspecified atom stereocenters. The molecule has 0 aromatic carbocycles. The summed E-state index contributed by atoms with van der Waals surface area (Å²) in [5.74, 6) is -0.813. The van der Waals surface area contributed by atoms with Gasteiger partial charge in [0.1, 0.15) is 6.04 Å². The van der Waals surface area contributed by atoms with E-state index < -0.39 is 5.97 Å². The number of carbonyl (C=O) groups excluding carboxylic acids is 1. The number of amides is 1. The van der Waals surface area contributed by atoms with E-state index in [1.807, 2.05) is 4.90 Å². The van der Waals surface area contributed by atoms with Gasteiger partial charge in [-0.15, -0.1) is 0 Å². The molecule has 0 spiro atoms. The van der Waals surface area contributed by atoms with E-state index in [0.29, 0.717) is 13.1 Å². The lowest BCUT2D eigenvalue weighted by Gasteiger charge is -2.26. The van der Waals surface area contributed by atoms with E-state index in [1.165, 1.54) is 6.92 Å². The van der Waals surface area contributed by atoms with Crippen LogP contribution in [0, 0.1) is 0 Å². The number of likely N-dealkylation sites (tertiary alicyclic amines) is 1. The molecule has 0 aromatic heterocycles. The van der Waals surface area contributed by atoms with E-state index in [0.717, 1.165) is 32.2 Å². The van der Waals surface area contributed by atoms with Gasteiger partial charge in [-0.1, -0.05) is 12.8 Å². The van der Waals surface area contributed by atoms with Gasteiger partial charge in [0.25, 0.3) is 0 Å². The first kappa shape index (κ1) is 13.0. The summed E-state index contributed by atoms with van der Waals surface area (Å²) in [7, 11) is 0. The number of aliphatic carboxylic acids is 1. The lowest BCUT2D eigenvalue weighted by Crippen LogP contribution is -2.44. The molecule has 5 heteroatoms. The molecule has 0 aliphatic carbocycles. The molecule has 1 heterocycles. The molecule has 0 saturated carbocycles. The zero-order chi connectivity index (χ0) is 12.0. The number of carbonyl (C=O) groups is 2. The average molecular weight is 228 g/mol. The Bertz CT molecular complexity index is 256. The van der Waals surface area contributed by atoms with Crippen molar-refractivity contribution in [1.29, 1.82) is 0 Å². The fourth-order valence-corrected chi connectivity index (χ4v) is 2.09. The molecule has 2 N–H and O–H groups in total. The van der Waals surface area contributed by atoms with Gasteiger partial charge in [0, 0.05) is 20.0 Å². The van der Waals surface area contributed by atoms with E-state index >= 15 is 0 Å². The maximum Gasteiger partial charge on any atom is 0.320 e. The number of rotatable bonds is 4. The van der Waals surface area contributed by atoms with E-state index in [-0.39, 0.29) is 11.9 Å². The highest BCUT2D eigenvalue weighted by molar-refractivity contribution is 5.73. The van der Waals surface area contributed by atoms with Crippen LogP contribution in [0.25, 0.3) is 0 Å². The zero-order valence-electron chi connectivity index (χ0n) is 9.74. The van der Waals surface area contributed by atoms with Gasteiger partial charge in [-0.05, 0) is 19.4 Å². The topological polar surface area (TPSA) is 69.6 Å². The maximum absolute atomic E-state index is 11.1. The predicted molar refractivity (Wildman–Crippen MR) is 60.1 cm³/mol. The lowest BCUT2D eigenvalue weighted by atomic mass is 10.1. The third kappa shape index (κ3) is 4.18. The summed E-state index contributed by atoms with van der Waals surface area (Å²) < 4.78 is 0. The standard InChI is InChI=1S/C11H20N2O3/c1-9(14)12-6-8-13-7-4-2-3-5-10(13)11(15)16/h10H,2-8H2,1H3,(H,12,14)(H,15,16). The Balaban J connectivity index is 2.44. The van der Waals surface area contributed by atoms with Crippen molar-refractivity contribution >= 4 is 11.9 Å². The van der Waals surface area contributed by atoms with Gasteiger partial charge in [-0.25, -0.2) is 0 Å². The van der Waals surface area contributed by atoms with Crippen molar-refractivity contribution in [1.82, 2.24) is 10.2 Å². The smallest absolute Gasteiger partial charge is 0.320 e. The molecule has 1 atom stereocenters. The molecule has 5 nitrogen and oxygen atoms in total. The molecule has 0 radical (unpaired) electrons. The first-order valence-electron chi connectivity index (χ1n) is 5.82. The first-order valence-corrected chi connectivity index (χ1v) is 5.82. The monoisotopic (exact) mass is 228 g/mol. The molecule has 92 valence electrons. The van der Waals surface area contributed by atoms with E-state index in [1.54, 1.807) is 0 Å². The number of nitrogens with one attached hydrogen (secondary N) is 1. The van der Waals surface area contributed by atoms with Gasteiger partial charge in [0.15, 0.2) is 0 Å². The summed E-state index contributed by atoms with van der Waals surface area (Å²) in [6.45, 7) is 3.43. The second-order valence-corrected chi connectivity index (χ2v) is 4.22. The SMILES string of the molecule is CC(=O)NCCN1CCCCCC1C(=O)O. The molecule has 1 aliphatic rings. The van der Waals surface area contributed by atoms with Crippen LogP contribution in [0.15, 0.2) is 0 Å². The summed E-state index contributed by atoms with van der Waals surface area (Å²) in [5, 5.41) is 11.8. The van der Waals surface area contributed by atoms with Crippen LogP contribution in [0.4, 0.5) is 0 Å². The lowest BCUT2D eigenvalue weighted by molar-refractivity contribution is -0.143. The van der Waals surface area contributed by atoms with Crippen LogP contribution in [0.2, 0.25) is 0 Å². The van der Waals surface area contributed by atoms with Gasteiger partial charge in [-0.3, -0.25) is 14.5 Å². The Kier molecular flexibility index (Phi) is 5.25. The molecule has 1 amide bonds. The summed E-state index contributed by atoms with van der Waals surface area (Å²) in [6, 6.07) is -0.378. The Hall–Kier alpha value is -1.10. The van der Waals surface area contributed by atoms with Crippen LogP contribution in [0.5, 0.6) is 0 Å². The molecular formula is C11H20N2O3. The summed E-state index contributed by atoms with van der Waals surface area (Å²) in [4.78, 5) is 23.8. The highest BCUT2D eigenvalue weighted by atomic mass is 16.4. The minimum absolute atomic E-state index is 0.0679. The minimum Gasteiger partial charge on any atom is -0.480 e. The maximum atomic E-state index is 11.1. The van der Waals surface area contributed by atoms with E-state index in [9.17, 15) is 9.59 Å². The molecule has 1 rings (SSSR count). The molecule has 16 heavy (non-hydrogen) atoms. The van der Waals surface area contributed by atoms with Gasteiger partial charge < -0.3 is 10.4 Å². The van der Waals surface area contributed by atoms with Crippen LogP contribution in [-0.2, 0) is 9.59 Å². The van der Waals surface area contributed by atoms with Crippen LogP contribution in [0.3, 0.4) is 0 Å². The number of carboxylic acids is 1. The number of hydrogen-bond acceptors (Lipinski definition) is 3. The van der Waals surface area contributed by atoms with Crippen molar-refractivity contribution in [2.24, 2.45) is 0 Å². The molecular weight excluding hydrogens is 208 g/mol. The minimum atomic E-state index is -0.746. The predicted octanol–water partition coefficient (Wildman–Crippen LogP) is 0.452. The van der Waals surface area contributed by atoms with Crippen LogP contribution < -0.4 is 5.32 Å². The molecule has 1 saturated heterocycles. The van der Waals surface area contributed by atoms with Gasteiger partial charge in [0.2, 0.25) is 5.91 Å². The summed E-state index contributed by atoms with van der Waals surface area (Å²) >= 11 is 0. The number of hydrogen-bond donors (Lipinski definition) is 2. The van der Waals surface area contributed by atoms with Crippen molar-refractivity contribution in [2.45, 2.75) is 38.6 Å². The molecule has 0 aromatic rings. The van der Waals surface area contributed by atoms with E-state index in [2.05, 4.69) is 5.32 Å². The summed E-state index contributed by atoms with van der Waals surface area (Å²) in [6.07, 6.45) is 3.84. The third-order valence-corrected chi connectivity index (χ3v) is 2.92. The molecule has 0 bridgehead atoms. The average Bonchev–Trinajstić information content (AvgIpc) is 2.42. The molecule has 1 fully saturated rings. The van der Waals surface area contributed by atoms with E-state index in [4.69, 9.17) is 5.11 Å². The fourth-order valence-electron chi connectivity index (χ4n) is 2.09. The van der Waals surface area contributed by atoms with Crippen molar-refractivity contribution in [2.75, 3.05) is 19.6 Å². The Morgan fingerprint density at radius 1 is 1.38 bits per heavy atom. The van der Waals surface area contributed by atoms with Crippen molar-refractivity contribution < 1.29 is 14.7 Å². The second kappa shape index (κ2) is 6.48. The van der Waals surface area contributed by atoms with Gasteiger partial charge in [0.05, 0.1) is 0 Å². The second-order valence-electron chi connectivity index (χ2n) is 4.22. The highest BCUT2D eigenvalue weighted by Gasteiger charge is 2.26. The van der Waals surface area contributed by atoms with Gasteiger partial charge in [-0.2, -0.15) is 0 Å². The Morgan fingerprint density at radius 3 is 2.75 bits per heavy atom. The zero-order valence-corrected chi connectivity index (χ0v) is 9.74. The summed E-state index contributed by atoms with van der Waals surface area (Å²) in [5.41, 5.74) is 0. The number of nitrogens with zero attached hydrogens (tertiary/aromatic N) is 1. The third-order valence-electron chi connectivity index (χ3n) is 2.92. The van der Waals surface area contributed by atoms with Crippen molar-refractivity contribution in [3.05, 3.63) is 0 Å². The van der Waals surface area contributed by atoms with Crippen LogP contribution in [0.1, 0.15) is 32.6 Å². The highest BCUT2D eigenvalue weighted by Crippen LogP contribution is 2.16. The van der Waals surface area contributed by atoms with Crippen LogP contribution >= 0.6 is 0 Å².